The van der Waals surface area contributed by atoms with Crippen LogP contribution in [0.2, 0.25) is 0 Å². The monoisotopic (exact) mass is 242 g/mol. The Hall–Kier alpha value is -1.87. The number of aromatic nitrogens is 1. The average molecular weight is 242 g/mol. The summed E-state index contributed by atoms with van der Waals surface area (Å²) in [6, 6.07) is 11.6. The third kappa shape index (κ3) is 2.68. The summed E-state index contributed by atoms with van der Waals surface area (Å²) in [7, 11) is 0. The van der Waals surface area contributed by atoms with Crippen molar-refractivity contribution in [2.45, 2.75) is 25.9 Å². The Morgan fingerprint density at radius 3 is 2.50 bits per heavy atom. The number of rotatable bonds is 3. The number of hydrogen-bond donors (Lipinski definition) is 2. The summed E-state index contributed by atoms with van der Waals surface area (Å²) in [6.07, 6.45) is 2.11. The van der Waals surface area contributed by atoms with Crippen LogP contribution in [0, 0.1) is 6.92 Å². The molecule has 18 heavy (non-hydrogen) atoms. The van der Waals surface area contributed by atoms with Gasteiger partial charge >= 0.3 is 0 Å². The van der Waals surface area contributed by atoms with Crippen molar-refractivity contribution >= 4 is 5.82 Å². The van der Waals surface area contributed by atoms with Crippen molar-refractivity contribution < 1.29 is 5.11 Å². The van der Waals surface area contributed by atoms with Crippen LogP contribution in [0.1, 0.15) is 23.6 Å². The van der Waals surface area contributed by atoms with Gasteiger partial charge in [-0.2, -0.15) is 0 Å². The fourth-order valence-corrected chi connectivity index (χ4v) is 1.99. The highest BCUT2D eigenvalue weighted by Gasteiger charge is 2.24. The second-order valence-corrected chi connectivity index (χ2v) is 4.86. The third-order valence-corrected chi connectivity index (χ3v) is 3.13. The summed E-state index contributed by atoms with van der Waals surface area (Å²) >= 11 is 0. The molecule has 0 saturated carbocycles. The molecule has 0 bridgehead atoms. The first-order valence-corrected chi connectivity index (χ1v) is 5.98. The summed E-state index contributed by atoms with van der Waals surface area (Å²) in [5, 5.41) is 10.6. The van der Waals surface area contributed by atoms with Crippen LogP contribution in [0.5, 0.6) is 0 Å². The van der Waals surface area contributed by atoms with Gasteiger partial charge in [-0.15, -0.1) is 0 Å². The van der Waals surface area contributed by atoms with E-state index in [1.807, 2.05) is 43.3 Å². The molecule has 0 fully saturated rings. The maximum atomic E-state index is 10.6. The van der Waals surface area contributed by atoms with E-state index < -0.39 is 5.60 Å². The first-order chi connectivity index (χ1) is 8.49. The predicted octanol–water partition coefficient (Wildman–Crippen LogP) is 2.42. The van der Waals surface area contributed by atoms with Gasteiger partial charge in [-0.05, 0) is 31.0 Å². The van der Waals surface area contributed by atoms with Gasteiger partial charge in [-0.1, -0.05) is 35.9 Å². The van der Waals surface area contributed by atoms with Gasteiger partial charge in [0.1, 0.15) is 5.82 Å². The molecule has 0 radical (unpaired) electrons. The van der Waals surface area contributed by atoms with Crippen molar-refractivity contribution in [3.05, 3.63) is 59.3 Å². The molecule has 3 heteroatoms. The lowest BCUT2D eigenvalue weighted by molar-refractivity contribution is 0.0577. The van der Waals surface area contributed by atoms with Gasteiger partial charge in [0, 0.05) is 12.6 Å². The zero-order valence-corrected chi connectivity index (χ0v) is 10.7. The van der Waals surface area contributed by atoms with Gasteiger partial charge in [0.15, 0.2) is 0 Å². The van der Waals surface area contributed by atoms with Gasteiger partial charge in [0.2, 0.25) is 0 Å². The van der Waals surface area contributed by atoms with Crippen LogP contribution in [-0.4, -0.2) is 10.1 Å². The maximum Gasteiger partial charge on any atom is 0.126 e. The van der Waals surface area contributed by atoms with E-state index in [4.69, 9.17) is 5.73 Å². The molecule has 3 N–H and O–H groups in total. The molecule has 0 aliphatic carbocycles. The maximum absolute atomic E-state index is 10.6. The van der Waals surface area contributed by atoms with Gasteiger partial charge in [0.05, 0.1) is 5.60 Å². The number of hydrogen-bond acceptors (Lipinski definition) is 3. The van der Waals surface area contributed by atoms with Crippen molar-refractivity contribution in [3.8, 4) is 0 Å². The molecular weight excluding hydrogens is 224 g/mol. The number of benzene rings is 1. The van der Waals surface area contributed by atoms with E-state index in [1.54, 1.807) is 13.1 Å². The Morgan fingerprint density at radius 1 is 1.22 bits per heavy atom. The van der Waals surface area contributed by atoms with Crippen LogP contribution < -0.4 is 5.73 Å². The lowest BCUT2D eigenvalue weighted by Gasteiger charge is -2.24. The van der Waals surface area contributed by atoms with Crippen LogP contribution in [0.3, 0.4) is 0 Å². The number of nitrogens with zero attached hydrogens (tertiary/aromatic N) is 1. The number of pyridine rings is 1. The quantitative estimate of drug-likeness (QED) is 0.869. The van der Waals surface area contributed by atoms with Crippen molar-refractivity contribution in [1.82, 2.24) is 4.98 Å². The van der Waals surface area contributed by atoms with Crippen molar-refractivity contribution in [2.24, 2.45) is 0 Å². The molecule has 3 nitrogen and oxygen atoms in total. The molecule has 1 aromatic heterocycles. The van der Waals surface area contributed by atoms with E-state index in [-0.39, 0.29) is 0 Å². The van der Waals surface area contributed by atoms with E-state index in [1.165, 1.54) is 5.56 Å². The molecule has 0 amide bonds. The number of anilines is 1. The van der Waals surface area contributed by atoms with E-state index in [0.29, 0.717) is 12.2 Å². The minimum absolute atomic E-state index is 0.454. The number of nitrogen functional groups attached to an aromatic ring is 1. The highest BCUT2D eigenvalue weighted by Crippen LogP contribution is 2.27. The summed E-state index contributed by atoms with van der Waals surface area (Å²) in [4.78, 5) is 4.04. The molecule has 1 heterocycles. The van der Waals surface area contributed by atoms with Crippen LogP contribution >= 0.6 is 0 Å². The fourth-order valence-electron chi connectivity index (χ4n) is 1.99. The number of aryl methyl sites for hydroxylation is 1. The summed E-state index contributed by atoms with van der Waals surface area (Å²) in [5.41, 5.74) is 7.79. The Kier molecular flexibility index (Phi) is 3.34. The zero-order chi connectivity index (χ0) is 13.2. The molecule has 2 aromatic rings. The molecular formula is C15H18N2O. The van der Waals surface area contributed by atoms with Crippen molar-refractivity contribution in [2.75, 3.05) is 5.73 Å². The Balaban J connectivity index is 2.27. The molecule has 94 valence electrons. The largest absolute Gasteiger partial charge is 0.385 e. The molecule has 1 atom stereocenters. The van der Waals surface area contributed by atoms with E-state index in [0.717, 1.165) is 11.1 Å². The molecule has 1 aromatic carbocycles. The minimum atomic E-state index is -0.940. The first-order valence-electron chi connectivity index (χ1n) is 5.98. The lowest BCUT2D eigenvalue weighted by atomic mass is 9.89. The molecule has 0 aliphatic rings. The van der Waals surface area contributed by atoms with Gasteiger partial charge in [-0.3, -0.25) is 0 Å². The molecule has 0 aliphatic heterocycles. The molecule has 1 unspecified atom stereocenters. The van der Waals surface area contributed by atoms with Crippen LogP contribution in [0.4, 0.5) is 5.82 Å². The SMILES string of the molecule is Cc1ccc(C(C)(O)Cc2cccnc2N)cc1. The normalized spacial score (nSPS) is 14.2. The summed E-state index contributed by atoms with van der Waals surface area (Å²) in [6.45, 7) is 3.82. The van der Waals surface area contributed by atoms with Gasteiger partial charge in [0.25, 0.3) is 0 Å². The van der Waals surface area contributed by atoms with Gasteiger partial charge < -0.3 is 10.8 Å². The second kappa shape index (κ2) is 4.78. The average Bonchev–Trinajstić information content (AvgIpc) is 2.32. The Bertz CT molecular complexity index is 532. The van der Waals surface area contributed by atoms with Crippen LogP contribution in [-0.2, 0) is 12.0 Å². The van der Waals surface area contributed by atoms with Gasteiger partial charge in [-0.25, -0.2) is 4.98 Å². The lowest BCUT2D eigenvalue weighted by Crippen LogP contribution is -2.24. The first kappa shape index (κ1) is 12.6. The topological polar surface area (TPSA) is 59.1 Å². The Labute approximate surface area is 107 Å². The summed E-state index contributed by atoms with van der Waals surface area (Å²) < 4.78 is 0. The third-order valence-electron chi connectivity index (χ3n) is 3.13. The number of nitrogens with two attached hydrogens (primary N) is 1. The predicted molar refractivity (Wildman–Crippen MR) is 73.1 cm³/mol. The fraction of sp³-hybridized carbons (Fsp3) is 0.267. The highest BCUT2D eigenvalue weighted by molar-refractivity contribution is 5.40. The molecule has 0 saturated heterocycles. The van der Waals surface area contributed by atoms with Crippen molar-refractivity contribution in [1.29, 1.82) is 0 Å². The Morgan fingerprint density at radius 2 is 1.89 bits per heavy atom. The zero-order valence-electron chi connectivity index (χ0n) is 10.7. The van der Waals surface area contributed by atoms with E-state index >= 15 is 0 Å². The van der Waals surface area contributed by atoms with E-state index in [2.05, 4.69) is 4.98 Å². The summed E-state index contributed by atoms with van der Waals surface area (Å²) in [5.74, 6) is 0.477. The van der Waals surface area contributed by atoms with Crippen LogP contribution in [0.15, 0.2) is 42.6 Å². The molecule has 0 spiro atoms. The standard InChI is InChI=1S/C15H18N2O/c1-11-5-7-13(8-6-11)15(2,18)10-12-4-3-9-17-14(12)16/h3-9,18H,10H2,1-2H3,(H2,16,17). The van der Waals surface area contributed by atoms with Crippen molar-refractivity contribution in [3.63, 3.8) is 0 Å². The smallest absolute Gasteiger partial charge is 0.126 e. The highest BCUT2D eigenvalue weighted by atomic mass is 16.3. The number of aliphatic hydroxyl groups is 1. The molecule has 2 rings (SSSR count). The minimum Gasteiger partial charge on any atom is -0.385 e. The van der Waals surface area contributed by atoms with Crippen LogP contribution in [0.25, 0.3) is 0 Å². The van der Waals surface area contributed by atoms with E-state index in [9.17, 15) is 5.11 Å². The second-order valence-electron chi connectivity index (χ2n) is 4.86.